The van der Waals surface area contributed by atoms with Crippen molar-refractivity contribution in [2.45, 2.75) is 30.9 Å². The standard InChI is InChI=1S/C36H35ClN6O4/c37-29-13-6-11-27(25-29)20-22-39-42-35(45)36(21-7-12-26-9-2-1-3-10-26)33(31-14-4-5-15-32(31)41-43-38)47-34(40-36)28-16-18-30(19-17-28)46-24-8-23-44/h1-7,9-19,25,33,39,44H,8,20-24H2,(H,42,45)/b12-7+/t33-,36-/m0/s1. The number of aliphatic hydroxyl groups excluding tert-OH is 1. The minimum atomic E-state index is -1.49. The second-order valence-corrected chi connectivity index (χ2v) is 11.3. The summed E-state index contributed by atoms with van der Waals surface area (Å²) in [6.45, 7) is 0.865. The number of nitrogens with one attached hydrogen (secondary N) is 2. The summed E-state index contributed by atoms with van der Waals surface area (Å²) in [6, 6.07) is 31.5. The quantitative estimate of drug-likeness (QED) is 0.0408. The molecule has 240 valence electrons. The third-order valence-electron chi connectivity index (χ3n) is 7.57. The molecule has 0 radical (unpaired) electrons. The van der Waals surface area contributed by atoms with E-state index < -0.39 is 17.6 Å². The second-order valence-electron chi connectivity index (χ2n) is 10.8. The fourth-order valence-electron chi connectivity index (χ4n) is 5.23. The zero-order chi connectivity index (χ0) is 32.9. The highest BCUT2D eigenvalue weighted by atomic mass is 35.5. The van der Waals surface area contributed by atoms with Crippen molar-refractivity contribution in [2.75, 3.05) is 19.8 Å². The number of aliphatic imine (C=N–C) groups is 1. The lowest BCUT2D eigenvalue weighted by Crippen LogP contribution is -2.52. The monoisotopic (exact) mass is 650 g/mol. The van der Waals surface area contributed by atoms with Gasteiger partial charge in [-0.2, -0.15) is 0 Å². The SMILES string of the molecule is [N-]=[N+]=Nc1ccccc1[C@@H]1OC(c2ccc(OCCCO)cc2)=N[C@]1(C/C=C/c1ccccc1)C(=O)NNCCc1cccc(Cl)c1. The second kappa shape index (κ2) is 16.4. The van der Waals surface area contributed by atoms with Gasteiger partial charge in [-0.05, 0) is 59.5 Å². The summed E-state index contributed by atoms with van der Waals surface area (Å²) in [6.07, 6.45) is 4.22. The molecular weight excluding hydrogens is 616 g/mol. The fourth-order valence-corrected chi connectivity index (χ4v) is 5.44. The molecule has 0 unspecified atom stereocenters. The largest absolute Gasteiger partial charge is 0.494 e. The van der Waals surface area contributed by atoms with Crippen LogP contribution in [0.1, 0.15) is 41.2 Å². The van der Waals surface area contributed by atoms with Gasteiger partial charge < -0.3 is 14.6 Å². The Labute approximate surface area is 278 Å². The van der Waals surface area contributed by atoms with Crippen molar-refractivity contribution < 1.29 is 19.4 Å². The van der Waals surface area contributed by atoms with E-state index in [0.29, 0.717) is 53.6 Å². The number of nitrogens with zero attached hydrogens (tertiary/aromatic N) is 4. The Morgan fingerprint density at radius 2 is 1.85 bits per heavy atom. The van der Waals surface area contributed by atoms with Crippen molar-refractivity contribution in [3.05, 3.63) is 147 Å². The molecule has 0 saturated carbocycles. The number of carbonyl (C=O) groups excluding carboxylic acids is 1. The number of hydrogen-bond acceptors (Lipinski definition) is 7. The van der Waals surface area contributed by atoms with E-state index in [0.717, 1.165) is 11.1 Å². The van der Waals surface area contributed by atoms with E-state index in [9.17, 15) is 10.3 Å². The van der Waals surface area contributed by atoms with Crippen LogP contribution in [0.3, 0.4) is 0 Å². The number of halogens is 1. The highest BCUT2D eigenvalue weighted by Gasteiger charge is 2.53. The molecule has 10 nitrogen and oxygen atoms in total. The maximum Gasteiger partial charge on any atom is 0.266 e. The van der Waals surface area contributed by atoms with Crippen LogP contribution in [0.5, 0.6) is 5.75 Å². The highest BCUT2D eigenvalue weighted by Crippen LogP contribution is 2.45. The van der Waals surface area contributed by atoms with Crippen LogP contribution in [0.25, 0.3) is 16.5 Å². The summed E-state index contributed by atoms with van der Waals surface area (Å²) in [4.78, 5) is 22.4. The molecule has 1 amide bonds. The van der Waals surface area contributed by atoms with Crippen molar-refractivity contribution in [1.82, 2.24) is 10.9 Å². The number of azide groups is 1. The number of aliphatic hydroxyl groups is 1. The number of hydrazine groups is 1. The van der Waals surface area contributed by atoms with Crippen molar-refractivity contribution in [3.8, 4) is 5.75 Å². The lowest BCUT2D eigenvalue weighted by molar-refractivity contribution is -0.129. The number of ether oxygens (including phenoxy) is 2. The molecule has 0 aliphatic carbocycles. The molecule has 4 aromatic carbocycles. The van der Waals surface area contributed by atoms with Crippen molar-refractivity contribution in [1.29, 1.82) is 0 Å². The fraction of sp³-hybridized carbons (Fsp3) is 0.222. The van der Waals surface area contributed by atoms with Gasteiger partial charge in [0, 0.05) is 52.7 Å². The topological polar surface area (TPSA) is 141 Å². The molecule has 11 heteroatoms. The zero-order valence-corrected chi connectivity index (χ0v) is 26.4. The third kappa shape index (κ3) is 8.58. The molecule has 0 aromatic heterocycles. The van der Waals surface area contributed by atoms with E-state index in [1.54, 1.807) is 48.5 Å². The summed E-state index contributed by atoms with van der Waals surface area (Å²) in [5, 5.41) is 13.6. The first-order valence-corrected chi connectivity index (χ1v) is 15.6. The maximum absolute atomic E-state index is 14.3. The van der Waals surface area contributed by atoms with E-state index in [-0.39, 0.29) is 18.9 Å². The maximum atomic E-state index is 14.3. The van der Waals surface area contributed by atoms with Gasteiger partial charge in [0.1, 0.15) is 5.75 Å². The number of carbonyl (C=O) groups is 1. The van der Waals surface area contributed by atoms with Crippen LogP contribution in [0, 0.1) is 0 Å². The Kier molecular flexibility index (Phi) is 11.6. The van der Waals surface area contributed by atoms with E-state index in [1.807, 2.05) is 66.7 Å². The Bertz CT molecular complexity index is 1760. The number of hydrogen-bond donors (Lipinski definition) is 3. The minimum absolute atomic E-state index is 0.0414. The van der Waals surface area contributed by atoms with Crippen LogP contribution >= 0.6 is 11.6 Å². The summed E-state index contributed by atoms with van der Waals surface area (Å²) in [5.41, 5.74) is 17.3. The minimum Gasteiger partial charge on any atom is -0.494 e. The van der Waals surface area contributed by atoms with Gasteiger partial charge in [-0.25, -0.2) is 10.4 Å². The van der Waals surface area contributed by atoms with Gasteiger partial charge in [0.2, 0.25) is 5.90 Å². The lowest BCUT2D eigenvalue weighted by Gasteiger charge is -2.30. The average Bonchev–Trinajstić information content (AvgIpc) is 3.48. The summed E-state index contributed by atoms with van der Waals surface area (Å²) < 4.78 is 12.2. The van der Waals surface area contributed by atoms with Crippen molar-refractivity contribution in [2.24, 2.45) is 10.1 Å². The molecule has 0 spiro atoms. The molecule has 47 heavy (non-hydrogen) atoms. The van der Waals surface area contributed by atoms with Crippen LogP contribution < -0.4 is 15.6 Å². The van der Waals surface area contributed by atoms with Crippen LogP contribution in [0.15, 0.2) is 119 Å². The number of amides is 1. The average molecular weight is 651 g/mol. The highest BCUT2D eigenvalue weighted by molar-refractivity contribution is 6.30. The Morgan fingerprint density at radius 3 is 2.62 bits per heavy atom. The predicted molar refractivity (Wildman–Crippen MR) is 183 cm³/mol. The van der Waals surface area contributed by atoms with Gasteiger partial charge in [0.15, 0.2) is 11.6 Å². The van der Waals surface area contributed by atoms with Gasteiger partial charge >= 0.3 is 0 Å². The van der Waals surface area contributed by atoms with Gasteiger partial charge in [0.25, 0.3) is 5.91 Å². The van der Waals surface area contributed by atoms with Crippen LogP contribution in [-0.2, 0) is 16.0 Å². The summed E-state index contributed by atoms with van der Waals surface area (Å²) in [7, 11) is 0. The van der Waals surface area contributed by atoms with E-state index in [2.05, 4.69) is 20.9 Å². The molecule has 2 atom stereocenters. The van der Waals surface area contributed by atoms with Gasteiger partial charge in [0.05, 0.1) is 6.61 Å². The van der Waals surface area contributed by atoms with Crippen molar-refractivity contribution >= 4 is 35.2 Å². The Balaban J connectivity index is 1.50. The Morgan fingerprint density at radius 1 is 1.06 bits per heavy atom. The summed E-state index contributed by atoms with van der Waals surface area (Å²) >= 11 is 6.14. The molecule has 0 saturated heterocycles. The van der Waals surface area contributed by atoms with Gasteiger partial charge in [-0.3, -0.25) is 10.2 Å². The van der Waals surface area contributed by atoms with E-state index >= 15 is 0 Å². The third-order valence-corrected chi connectivity index (χ3v) is 7.81. The molecule has 0 bridgehead atoms. The molecule has 3 N–H and O–H groups in total. The summed E-state index contributed by atoms with van der Waals surface area (Å²) in [5.74, 6) is 0.473. The first-order chi connectivity index (χ1) is 23.0. The van der Waals surface area contributed by atoms with E-state index in [1.165, 1.54) is 0 Å². The van der Waals surface area contributed by atoms with Crippen LogP contribution in [-0.4, -0.2) is 42.2 Å². The molecule has 5 rings (SSSR count). The predicted octanol–water partition coefficient (Wildman–Crippen LogP) is 7.27. The van der Waals surface area contributed by atoms with Crippen LogP contribution in [0.2, 0.25) is 5.02 Å². The molecule has 1 heterocycles. The Hall–Kier alpha value is -5.12. The van der Waals surface area contributed by atoms with Crippen LogP contribution in [0.4, 0.5) is 5.69 Å². The molecule has 1 aliphatic heterocycles. The normalized spacial score (nSPS) is 17.1. The number of benzene rings is 4. The van der Waals surface area contributed by atoms with Gasteiger partial charge in [-0.1, -0.05) is 95.6 Å². The molecule has 0 fully saturated rings. The molecule has 1 aliphatic rings. The lowest BCUT2D eigenvalue weighted by atomic mass is 9.83. The first kappa shape index (κ1) is 33.2. The molecule has 4 aromatic rings. The number of rotatable bonds is 15. The first-order valence-electron chi connectivity index (χ1n) is 15.3. The van der Waals surface area contributed by atoms with Gasteiger partial charge in [-0.15, -0.1) is 0 Å². The smallest absolute Gasteiger partial charge is 0.266 e. The zero-order valence-electron chi connectivity index (χ0n) is 25.6. The molecular formula is C36H35ClN6O4. The van der Waals surface area contributed by atoms with E-state index in [4.69, 9.17) is 31.2 Å². The van der Waals surface area contributed by atoms with Crippen molar-refractivity contribution in [3.63, 3.8) is 0 Å².